The molecule has 1 amide bonds. The Labute approximate surface area is 128 Å². The molecule has 0 saturated heterocycles. The van der Waals surface area contributed by atoms with E-state index in [-0.39, 0.29) is 16.7 Å². The fraction of sp³-hybridized carbons (Fsp3) is 0.611. The van der Waals surface area contributed by atoms with E-state index in [0.29, 0.717) is 0 Å². The van der Waals surface area contributed by atoms with Crippen LogP contribution < -0.4 is 10.1 Å². The van der Waals surface area contributed by atoms with Gasteiger partial charge in [-0.15, -0.1) is 0 Å². The van der Waals surface area contributed by atoms with Crippen LogP contribution in [-0.4, -0.2) is 13.0 Å². The minimum absolute atomic E-state index is 0.0238. The predicted molar refractivity (Wildman–Crippen MR) is 86.6 cm³/mol. The van der Waals surface area contributed by atoms with E-state index >= 15 is 0 Å². The summed E-state index contributed by atoms with van der Waals surface area (Å²) in [4.78, 5) is 12.9. The molecule has 1 fully saturated rings. The number of rotatable bonds is 3. The quantitative estimate of drug-likeness (QED) is 0.881. The molecule has 1 aromatic rings. The molecule has 0 unspecified atom stereocenters. The van der Waals surface area contributed by atoms with Crippen LogP contribution in [0.3, 0.4) is 0 Å². The van der Waals surface area contributed by atoms with Crippen molar-refractivity contribution < 1.29 is 9.53 Å². The van der Waals surface area contributed by atoms with Crippen molar-refractivity contribution in [3.63, 3.8) is 0 Å². The molecule has 2 rings (SSSR count). The lowest BCUT2D eigenvalue weighted by atomic mass is 9.59. The van der Waals surface area contributed by atoms with Crippen molar-refractivity contribution in [3.05, 3.63) is 24.3 Å². The van der Waals surface area contributed by atoms with Gasteiger partial charge in [0.1, 0.15) is 5.75 Å². The molecule has 0 heterocycles. The van der Waals surface area contributed by atoms with Crippen LogP contribution in [0.4, 0.5) is 5.69 Å². The highest BCUT2D eigenvalue weighted by Crippen LogP contribution is 2.50. The molecule has 0 aliphatic heterocycles. The second-order valence-corrected chi connectivity index (χ2v) is 7.08. The largest absolute Gasteiger partial charge is 0.497 e. The van der Waals surface area contributed by atoms with Gasteiger partial charge in [-0.3, -0.25) is 4.79 Å². The van der Waals surface area contributed by atoms with Gasteiger partial charge in [0.25, 0.3) is 0 Å². The van der Waals surface area contributed by atoms with Gasteiger partial charge in [0, 0.05) is 5.69 Å². The topological polar surface area (TPSA) is 38.3 Å². The molecule has 0 bridgehead atoms. The van der Waals surface area contributed by atoms with E-state index in [4.69, 9.17) is 4.74 Å². The minimum Gasteiger partial charge on any atom is -0.497 e. The highest BCUT2D eigenvalue weighted by atomic mass is 16.5. The predicted octanol–water partition coefficient (Wildman–Crippen LogP) is 4.63. The Morgan fingerprint density at radius 3 is 2.14 bits per heavy atom. The molecule has 1 aliphatic rings. The van der Waals surface area contributed by atoms with Crippen molar-refractivity contribution in [1.29, 1.82) is 0 Å². The molecular weight excluding hydrogens is 262 g/mol. The number of benzene rings is 1. The molecule has 3 heteroatoms. The van der Waals surface area contributed by atoms with E-state index in [1.54, 1.807) is 7.11 Å². The first kappa shape index (κ1) is 15.9. The van der Waals surface area contributed by atoms with Crippen LogP contribution in [0.5, 0.6) is 5.75 Å². The first-order chi connectivity index (χ1) is 9.89. The highest BCUT2D eigenvalue weighted by molar-refractivity contribution is 5.96. The third kappa shape index (κ3) is 3.22. The molecule has 21 heavy (non-hydrogen) atoms. The number of methoxy groups -OCH3 is 1. The van der Waals surface area contributed by atoms with Gasteiger partial charge >= 0.3 is 0 Å². The maximum atomic E-state index is 12.9. The van der Waals surface area contributed by atoms with Gasteiger partial charge in [-0.2, -0.15) is 0 Å². The first-order valence-corrected chi connectivity index (χ1v) is 7.84. The van der Waals surface area contributed by atoms with Crippen LogP contribution in [0.1, 0.15) is 52.9 Å². The van der Waals surface area contributed by atoms with Crippen LogP contribution >= 0.6 is 0 Å². The Bertz CT molecular complexity index is 479. The monoisotopic (exact) mass is 289 g/mol. The lowest BCUT2D eigenvalue weighted by molar-refractivity contribution is -0.134. The van der Waals surface area contributed by atoms with Gasteiger partial charge in [0.15, 0.2) is 0 Å². The van der Waals surface area contributed by atoms with Gasteiger partial charge in [0.2, 0.25) is 5.91 Å². The summed E-state index contributed by atoms with van der Waals surface area (Å²) in [5.74, 6) is 0.969. The van der Waals surface area contributed by atoms with Crippen LogP contribution in [0.15, 0.2) is 24.3 Å². The summed E-state index contributed by atoms with van der Waals surface area (Å²) in [6.07, 6.45) is 5.51. The van der Waals surface area contributed by atoms with Gasteiger partial charge in [0.05, 0.1) is 12.5 Å². The number of carbonyl (C=O) groups is 1. The number of hydrogen-bond donors (Lipinski definition) is 1. The van der Waals surface area contributed by atoms with Crippen molar-refractivity contribution in [3.8, 4) is 5.75 Å². The maximum Gasteiger partial charge on any atom is 0.231 e. The number of carbonyl (C=O) groups excluding carboxylic acids is 1. The minimum atomic E-state index is -0.259. The summed E-state index contributed by atoms with van der Waals surface area (Å²) in [5, 5.41) is 3.12. The van der Waals surface area contributed by atoms with Gasteiger partial charge in [-0.05, 0) is 42.5 Å². The summed E-state index contributed by atoms with van der Waals surface area (Å²) in [7, 11) is 1.64. The fourth-order valence-electron chi connectivity index (χ4n) is 3.40. The maximum absolute atomic E-state index is 12.9. The summed E-state index contributed by atoms with van der Waals surface area (Å²) >= 11 is 0. The average molecular weight is 289 g/mol. The summed E-state index contributed by atoms with van der Waals surface area (Å²) in [6, 6.07) is 7.55. The smallest absolute Gasteiger partial charge is 0.231 e. The van der Waals surface area contributed by atoms with E-state index in [0.717, 1.165) is 37.1 Å². The van der Waals surface area contributed by atoms with Gasteiger partial charge in [-0.1, -0.05) is 40.0 Å². The van der Waals surface area contributed by atoms with Crippen molar-refractivity contribution >= 4 is 11.6 Å². The van der Waals surface area contributed by atoms with Crippen LogP contribution in [0.2, 0.25) is 0 Å². The normalized spacial score (nSPS) is 18.1. The Morgan fingerprint density at radius 2 is 1.67 bits per heavy atom. The van der Waals surface area contributed by atoms with Gasteiger partial charge < -0.3 is 10.1 Å². The molecule has 116 valence electrons. The molecule has 0 aromatic heterocycles. The zero-order valence-corrected chi connectivity index (χ0v) is 13.7. The Balaban J connectivity index is 2.18. The third-order valence-electron chi connectivity index (χ3n) is 4.93. The fourth-order valence-corrected chi connectivity index (χ4v) is 3.40. The molecule has 0 radical (unpaired) electrons. The molecule has 0 spiro atoms. The summed E-state index contributed by atoms with van der Waals surface area (Å²) in [6.45, 7) is 6.56. The van der Waals surface area contributed by atoms with Crippen LogP contribution in [-0.2, 0) is 4.79 Å². The third-order valence-corrected chi connectivity index (χ3v) is 4.93. The van der Waals surface area contributed by atoms with E-state index in [1.807, 2.05) is 24.3 Å². The molecule has 1 saturated carbocycles. The number of nitrogens with one attached hydrogen (secondary N) is 1. The molecule has 1 aliphatic carbocycles. The molecule has 1 aromatic carbocycles. The Kier molecular flexibility index (Phi) is 4.60. The highest BCUT2D eigenvalue weighted by Gasteiger charge is 2.48. The zero-order chi connectivity index (χ0) is 15.5. The summed E-state index contributed by atoms with van der Waals surface area (Å²) < 4.78 is 5.15. The molecule has 0 atom stereocenters. The van der Waals surface area contributed by atoms with E-state index in [2.05, 4.69) is 26.1 Å². The lowest BCUT2D eigenvalue weighted by Crippen LogP contribution is -2.47. The standard InChI is InChI=1S/C18H27NO2/c1-17(2,3)18(12-6-5-7-13-18)16(20)19-14-8-10-15(21-4)11-9-14/h8-11H,5-7,12-13H2,1-4H3,(H,19,20). The Hall–Kier alpha value is -1.51. The summed E-state index contributed by atoms with van der Waals surface area (Å²) in [5.41, 5.74) is 0.560. The van der Waals surface area contributed by atoms with Crippen molar-refractivity contribution in [2.45, 2.75) is 52.9 Å². The van der Waals surface area contributed by atoms with Crippen LogP contribution in [0.25, 0.3) is 0 Å². The molecule has 1 N–H and O–H groups in total. The van der Waals surface area contributed by atoms with Crippen LogP contribution in [0, 0.1) is 10.8 Å². The number of anilines is 1. The zero-order valence-electron chi connectivity index (χ0n) is 13.7. The SMILES string of the molecule is COc1ccc(NC(=O)C2(C(C)(C)C)CCCCC2)cc1. The number of amides is 1. The van der Waals surface area contributed by atoms with E-state index < -0.39 is 0 Å². The lowest BCUT2D eigenvalue weighted by Gasteiger charge is -2.46. The average Bonchev–Trinajstić information content (AvgIpc) is 2.47. The van der Waals surface area contributed by atoms with E-state index in [1.165, 1.54) is 6.42 Å². The second-order valence-electron chi connectivity index (χ2n) is 7.08. The number of hydrogen-bond acceptors (Lipinski definition) is 2. The van der Waals surface area contributed by atoms with Crippen molar-refractivity contribution in [2.75, 3.05) is 12.4 Å². The van der Waals surface area contributed by atoms with E-state index in [9.17, 15) is 4.79 Å². The van der Waals surface area contributed by atoms with Crippen molar-refractivity contribution in [2.24, 2.45) is 10.8 Å². The molecule has 3 nitrogen and oxygen atoms in total. The van der Waals surface area contributed by atoms with Crippen molar-refractivity contribution in [1.82, 2.24) is 0 Å². The molecular formula is C18H27NO2. The Morgan fingerprint density at radius 1 is 1.10 bits per heavy atom. The van der Waals surface area contributed by atoms with Gasteiger partial charge in [-0.25, -0.2) is 0 Å². The number of ether oxygens (including phenoxy) is 1. The second kappa shape index (κ2) is 6.08. The first-order valence-electron chi connectivity index (χ1n) is 7.84.